The summed E-state index contributed by atoms with van der Waals surface area (Å²) in [6.07, 6.45) is 1.63. The molecular formula is C10H14N4O3. The van der Waals surface area contributed by atoms with Gasteiger partial charge in [0, 0.05) is 6.20 Å². The topological polar surface area (TPSA) is 104 Å². The van der Waals surface area contributed by atoms with Crippen molar-refractivity contribution in [2.75, 3.05) is 18.4 Å². The quantitative estimate of drug-likeness (QED) is 0.651. The first-order valence-electron chi connectivity index (χ1n) is 5.01. The van der Waals surface area contributed by atoms with Crippen LogP contribution < -0.4 is 10.6 Å². The van der Waals surface area contributed by atoms with E-state index < -0.39 is 11.9 Å². The molecule has 0 aliphatic heterocycles. The Morgan fingerprint density at radius 2 is 2.06 bits per heavy atom. The minimum absolute atomic E-state index is 0.0355. The van der Waals surface area contributed by atoms with Gasteiger partial charge >= 0.3 is 5.97 Å². The van der Waals surface area contributed by atoms with E-state index in [-0.39, 0.29) is 13.1 Å². The lowest BCUT2D eigenvalue weighted by Crippen LogP contribution is -2.34. The smallest absolute Gasteiger partial charge is 0.322 e. The first-order chi connectivity index (χ1) is 7.99. The second-order valence-electron chi connectivity index (χ2n) is 3.47. The highest BCUT2D eigenvalue weighted by atomic mass is 16.4. The van der Waals surface area contributed by atoms with E-state index in [0.29, 0.717) is 11.5 Å². The average Bonchev–Trinajstić information content (AvgIpc) is 2.27. The monoisotopic (exact) mass is 238 g/mol. The number of carboxylic acid groups (broad SMARTS) is 1. The minimum atomic E-state index is -1.08. The van der Waals surface area contributed by atoms with Crippen LogP contribution in [0.3, 0.4) is 0 Å². The van der Waals surface area contributed by atoms with Crippen LogP contribution in [0.2, 0.25) is 0 Å². The van der Waals surface area contributed by atoms with Gasteiger partial charge in [0.25, 0.3) is 0 Å². The molecule has 0 aliphatic rings. The van der Waals surface area contributed by atoms with Crippen LogP contribution in [-0.2, 0) is 9.59 Å². The van der Waals surface area contributed by atoms with Crippen LogP contribution in [0.5, 0.6) is 0 Å². The Bertz CT molecular complexity index is 434. The number of hydrogen-bond donors (Lipinski definition) is 3. The Hall–Kier alpha value is -2.18. The molecule has 0 aromatic carbocycles. The van der Waals surface area contributed by atoms with Gasteiger partial charge in [-0.2, -0.15) is 0 Å². The standard InChI is InChI=1S/C10H14N4O3/c1-6-3-11-7(2)10(14-6)13-4-8(15)12-5-9(16)17/h3H,4-5H2,1-2H3,(H,12,15)(H,13,14)(H,16,17). The van der Waals surface area contributed by atoms with Crippen molar-refractivity contribution in [1.82, 2.24) is 15.3 Å². The molecule has 0 unspecified atom stereocenters. The van der Waals surface area contributed by atoms with Gasteiger partial charge in [-0.3, -0.25) is 14.6 Å². The number of aryl methyl sites for hydroxylation is 2. The van der Waals surface area contributed by atoms with Crippen molar-refractivity contribution in [3.8, 4) is 0 Å². The number of carbonyl (C=O) groups excluding carboxylic acids is 1. The zero-order chi connectivity index (χ0) is 12.8. The van der Waals surface area contributed by atoms with Crippen LogP contribution in [0, 0.1) is 13.8 Å². The van der Waals surface area contributed by atoms with Crippen molar-refractivity contribution in [3.05, 3.63) is 17.6 Å². The molecular weight excluding hydrogens is 224 g/mol. The van der Waals surface area contributed by atoms with E-state index in [1.807, 2.05) is 0 Å². The molecule has 7 nitrogen and oxygen atoms in total. The van der Waals surface area contributed by atoms with Crippen LogP contribution in [-0.4, -0.2) is 40.0 Å². The molecule has 0 spiro atoms. The fourth-order valence-electron chi connectivity index (χ4n) is 1.11. The maximum atomic E-state index is 11.2. The van der Waals surface area contributed by atoms with Crippen LogP contribution >= 0.6 is 0 Å². The lowest BCUT2D eigenvalue weighted by Gasteiger charge is -2.08. The normalized spacial score (nSPS) is 9.76. The lowest BCUT2D eigenvalue weighted by molar-refractivity contribution is -0.137. The molecule has 17 heavy (non-hydrogen) atoms. The van der Waals surface area contributed by atoms with E-state index in [0.717, 1.165) is 5.69 Å². The highest BCUT2D eigenvalue weighted by Gasteiger charge is 2.06. The summed E-state index contributed by atoms with van der Waals surface area (Å²) in [5, 5.41) is 13.4. The Morgan fingerprint density at radius 3 is 2.71 bits per heavy atom. The van der Waals surface area contributed by atoms with Crippen molar-refractivity contribution in [3.63, 3.8) is 0 Å². The van der Waals surface area contributed by atoms with Gasteiger partial charge in [0.15, 0.2) is 0 Å². The first-order valence-corrected chi connectivity index (χ1v) is 5.01. The summed E-state index contributed by atoms with van der Waals surface area (Å²) in [6, 6.07) is 0. The average molecular weight is 238 g/mol. The molecule has 0 fully saturated rings. The first kappa shape index (κ1) is 12.9. The maximum Gasteiger partial charge on any atom is 0.322 e. The van der Waals surface area contributed by atoms with Crippen LogP contribution in [0.15, 0.2) is 6.20 Å². The largest absolute Gasteiger partial charge is 0.480 e. The molecule has 1 amide bonds. The second kappa shape index (κ2) is 5.78. The van der Waals surface area contributed by atoms with Gasteiger partial charge < -0.3 is 15.7 Å². The molecule has 0 radical (unpaired) electrons. The number of hydrogen-bond acceptors (Lipinski definition) is 5. The van der Waals surface area contributed by atoms with E-state index in [4.69, 9.17) is 5.11 Å². The zero-order valence-corrected chi connectivity index (χ0v) is 9.65. The molecule has 1 rings (SSSR count). The number of aromatic nitrogens is 2. The van der Waals surface area contributed by atoms with Gasteiger partial charge in [-0.1, -0.05) is 0 Å². The highest BCUT2D eigenvalue weighted by molar-refractivity contribution is 5.84. The third-order valence-corrected chi connectivity index (χ3v) is 1.93. The second-order valence-corrected chi connectivity index (χ2v) is 3.47. The molecule has 0 saturated heterocycles. The molecule has 1 aromatic heterocycles. The number of carbonyl (C=O) groups is 2. The predicted octanol–water partition coefficient (Wildman–Crippen LogP) is -0.294. The van der Waals surface area contributed by atoms with Crippen LogP contribution in [0.4, 0.5) is 5.82 Å². The number of carboxylic acids is 1. The molecule has 92 valence electrons. The summed E-state index contributed by atoms with van der Waals surface area (Å²) in [5.74, 6) is -0.963. The van der Waals surface area contributed by atoms with Crippen molar-refractivity contribution in [2.24, 2.45) is 0 Å². The molecule has 1 heterocycles. The summed E-state index contributed by atoms with van der Waals surface area (Å²) in [4.78, 5) is 29.7. The minimum Gasteiger partial charge on any atom is -0.480 e. The number of aliphatic carboxylic acids is 1. The molecule has 0 atom stereocenters. The molecule has 0 bridgehead atoms. The summed E-state index contributed by atoms with van der Waals surface area (Å²) >= 11 is 0. The van der Waals surface area contributed by atoms with Crippen molar-refractivity contribution >= 4 is 17.7 Å². The van der Waals surface area contributed by atoms with E-state index in [1.165, 1.54) is 0 Å². The Balaban J connectivity index is 2.47. The van der Waals surface area contributed by atoms with Gasteiger partial charge in [0.05, 0.1) is 17.9 Å². The fraction of sp³-hybridized carbons (Fsp3) is 0.400. The van der Waals surface area contributed by atoms with Crippen molar-refractivity contribution in [1.29, 1.82) is 0 Å². The van der Waals surface area contributed by atoms with Gasteiger partial charge in [-0.25, -0.2) is 4.98 Å². The van der Waals surface area contributed by atoms with Crippen LogP contribution in [0.25, 0.3) is 0 Å². The van der Waals surface area contributed by atoms with Crippen molar-refractivity contribution < 1.29 is 14.7 Å². The SMILES string of the molecule is Cc1cnc(C)c(NCC(=O)NCC(=O)O)n1. The summed E-state index contributed by atoms with van der Waals surface area (Å²) in [6.45, 7) is 3.14. The summed E-state index contributed by atoms with van der Waals surface area (Å²) < 4.78 is 0. The number of rotatable bonds is 5. The predicted molar refractivity (Wildman–Crippen MR) is 60.6 cm³/mol. The van der Waals surface area contributed by atoms with Gasteiger partial charge in [0.1, 0.15) is 12.4 Å². The molecule has 7 heteroatoms. The lowest BCUT2D eigenvalue weighted by atomic mass is 10.4. The van der Waals surface area contributed by atoms with E-state index in [1.54, 1.807) is 20.0 Å². The van der Waals surface area contributed by atoms with Gasteiger partial charge in [-0.15, -0.1) is 0 Å². The molecule has 3 N–H and O–H groups in total. The van der Waals surface area contributed by atoms with Crippen molar-refractivity contribution in [2.45, 2.75) is 13.8 Å². The summed E-state index contributed by atoms with van der Waals surface area (Å²) in [7, 11) is 0. The van der Waals surface area contributed by atoms with Gasteiger partial charge in [0.2, 0.25) is 5.91 Å². The molecule has 1 aromatic rings. The number of nitrogens with zero attached hydrogens (tertiary/aromatic N) is 2. The Labute approximate surface area is 98.3 Å². The third kappa shape index (κ3) is 4.45. The van der Waals surface area contributed by atoms with E-state index in [9.17, 15) is 9.59 Å². The maximum absolute atomic E-state index is 11.2. The third-order valence-electron chi connectivity index (χ3n) is 1.93. The highest BCUT2D eigenvalue weighted by Crippen LogP contribution is 2.07. The molecule has 0 saturated carbocycles. The van der Waals surface area contributed by atoms with E-state index >= 15 is 0 Å². The van der Waals surface area contributed by atoms with Gasteiger partial charge in [-0.05, 0) is 13.8 Å². The fourth-order valence-corrected chi connectivity index (χ4v) is 1.11. The van der Waals surface area contributed by atoms with E-state index in [2.05, 4.69) is 20.6 Å². The number of amides is 1. The number of anilines is 1. The molecule has 0 aliphatic carbocycles. The van der Waals surface area contributed by atoms with Crippen LogP contribution in [0.1, 0.15) is 11.4 Å². The Morgan fingerprint density at radius 1 is 1.35 bits per heavy atom. The Kier molecular flexibility index (Phi) is 4.38. The summed E-state index contributed by atoms with van der Waals surface area (Å²) in [5.41, 5.74) is 1.42. The zero-order valence-electron chi connectivity index (χ0n) is 9.65. The number of nitrogens with one attached hydrogen (secondary N) is 2.